The van der Waals surface area contributed by atoms with Crippen LogP contribution in [0.1, 0.15) is 44.5 Å². The Bertz CT molecular complexity index is 824. The van der Waals surface area contributed by atoms with Crippen molar-refractivity contribution in [1.29, 1.82) is 0 Å². The molecule has 0 radical (unpaired) electrons. The monoisotopic (exact) mass is 346 g/mol. The molecule has 120 valence electrons. The first-order chi connectivity index (χ1) is 10.9. The fraction of sp³-hybridized carbons (Fsp3) is 0.333. The van der Waals surface area contributed by atoms with E-state index in [0.29, 0.717) is 5.02 Å². The normalized spacial score (nSPS) is 13.4. The van der Waals surface area contributed by atoms with Crippen LogP contribution in [0.5, 0.6) is 0 Å². The summed E-state index contributed by atoms with van der Waals surface area (Å²) in [4.78, 5) is 9.95. The summed E-state index contributed by atoms with van der Waals surface area (Å²) in [7, 11) is 0. The molecular formula is C18H19ClN2OS. The molecule has 0 amide bonds. The minimum atomic E-state index is -0.139. The van der Waals surface area contributed by atoms with Crippen molar-refractivity contribution >= 4 is 34.5 Å². The zero-order chi connectivity index (χ0) is 16.6. The molecule has 0 fully saturated rings. The van der Waals surface area contributed by atoms with E-state index in [0.717, 1.165) is 27.6 Å². The lowest BCUT2D eigenvalue weighted by Crippen LogP contribution is -2.10. The number of rotatable bonds is 3. The molecule has 0 aliphatic heterocycles. The fourth-order valence-electron chi connectivity index (χ4n) is 2.23. The molecule has 0 saturated heterocycles. The lowest BCUT2D eigenvalue weighted by Gasteiger charge is -2.13. The maximum absolute atomic E-state index is 6.43. The summed E-state index contributed by atoms with van der Waals surface area (Å²) in [5.74, 6) is 0.724. The third kappa shape index (κ3) is 3.38. The van der Waals surface area contributed by atoms with Crippen molar-refractivity contribution in [3.63, 3.8) is 0 Å². The van der Waals surface area contributed by atoms with Crippen molar-refractivity contribution in [2.75, 3.05) is 0 Å². The number of thioether (sulfide) groups is 1. The van der Waals surface area contributed by atoms with Crippen LogP contribution < -0.4 is 0 Å². The molecule has 23 heavy (non-hydrogen) atoms. The summed E-state index contributed by atoms with van der Waals surface area (Å²) >= 11 is 8.08. The van der Waals surface area contributed by atoms with E-state index in [1.54, 1.807) is 18.0 Å². The summed E-state index contributed by atoms with van der Waals surface area (Å²) in [5, 5.41) is 0.851. The van der Waals surface area contributed by atoms with Gasteiger partial charge < -0.3 is 4.42 Å². The molecule has 1 aromatic carbocycles. The zero-order valence-electron chi connectivity index (χ0n) is 13.6. The zero-order valence-corrected chi connectivity index (χ0v) is 15.2. The highest BCUT2D eigenvalue weighted by atomic mass is 35.5. The van der Waals surface area contributed by atoms with Crippen LogP contribution in [0.25, 0.3) is 11.1 Å². The van der Waals surface area contributed by atoms with Crippen LogP contribution in [0.2, 0.25) is 5.02 Å². The fourth-order valence-corrected chi connectivity index (χ4v) is 3.56. The minimum absolute atomic E-state index is 0.139. The van der Waals surface area contributed by atoms with Crippen LogP contribution in [0.4, 0.5) is 0 Å². The van der Waals surface area contributed by atoms with Gasteiger partial charge in [-0.3, -0.25) is 4.98 Å². The van der Waals surface area contributed by atoms with E-state index in [-0.39, 0.29) is 10.7 Å². The molecule has 0 bridgehead atoms. The van der Waals surface area contributed by atoms with Gasteiger partial charge in [0.05, 0.1) is 15.6 Å². The van der Waals surface area contributed by atoms with Gasteiger partial charge >= 0.3 is 0 Å². The van der Waals surface area contributed by atoms with Gasteiger partial charge in [0, 0.05) is 16.9 Å². The molecule has 3 aromatic rings. The summed E-state index contributed by atoms with van der Waals surface area (Å²) in [5.41, 5.74) is 2.48. The Labute approximate surface area is 145 Å². The Morgan fingerprint density at radius 2 is 1.96 bits per heavy atom. The second kappa shape index (κ2) is 6.17. The predicted molar refractivity (Wildman–Crippen MR) is 96.2 cm³/mol. The van der Waals surface area contributed by atoms with Gasteiger partial charge in [-0.15, -0.1) is 11.8 Å². The standard InChI is InChI=1S/C18H19ClN2OS/c1-11(13-7-5-6-10-20-13)23-16-12(19)8-9-14-15(16)22-17(21-14)18(2,3)4/h5-11H,1-4H3. The van der Waals surface area contributed by atoms with Crippen molar-refractivity contribution in [2.45, 2.75) is 43.3 Å². The van der Waals surface area contributed by atoms with Crippen LogP contribution in [0.3, 0.4) is 0 Å². The second-order valence-corrected chi connectivity index (χ2v) is 8.27. The minimum Gasteiger partial charge on any atom is -0.439 e. The third-order valence-electron chi connectivity index (χ3n) is 3.50. The van der Waals surface area contributed by atoms with Crippen molar-refractivity contribution in [1.82, 2.24) is 9.97 Å². The molecule has 3 rings (SSSR count). The second-order valence-electron chi connectivity index (χ2n) is 6.51. The number of hydrogen-bond acceptors (Lipinski definition) is 4. The number of oxazole rings is 1. The lowest BCUT2D eigenvalue weighted by atomic mass is 9.97. The Balaban J connectivity index is 2.02. The summed E-state index contributed by atoms with van der Waals surface area (Å²) in [6.45, 7) is 8.37. The summed E-state index contributed by atoms with van der Waals surface area (Å²) < 4.78 is 6.04. The van der Waals surface area contributed by atoms with E-state index >= 15 is 0 Å². The predicted octanol–water partition coefficient (Wildman–Crippen LogP) is 6.03. The van der Waals surface area contributed by atoms with E-state index in [9.17, 15) is 0 Å². The van der Waals surface area contributed by atoms with E-state index in [2.05, 4.69) is 37.7 Å². The maximum Gasteiger partial charge on any atom is 0.200 e. The van der Waals surface area contributed by atoms with Crippen molar-refractivity contribution in [3.05, 3.63) is 53.1 Å². The molecule has 0 aliphatic rings. The molecule has 0 N–H and O–H groups in total. The van der Waals surface area contributed by atoms with Gasteiger partial charge in [0.25, 0.3) is 0 Å². The van der Waals surface area contributed by atoms with Gasteiger partial charge in [-0.05, 0) is 31.2 Å². The number of fused-ring (bicyclic) bond motifs is 1. The van der Waals surface area contributed by atoms with Gasteiger partial charge in [0.1, 0.15) is 5.52 Å². The highest BCUT2D eigenvalue weighted by Crippen LogP contribution is 2.43. The molecule has 0 saturated carbocycles. The average molecular weight is 347 g/mol. The first-order valence-corrected chi connectivity index (χ1v) is 8.79. The van der Waals surface area contributed by atoms with E-state index < -0.39 is 0 Å². The smallest absolute Gasteiger partial charge is 0.200 e. The number of nitrogens with zero attached hydrogens (tertiary/aromatic N) is 2. The molecule has 5 heteroatoms. The largest absolute Gasteiger partial charge is 0.439 e. The maximum atomic E-state index is 6.43. The van der Waals surface area contributed by atoms with E-state index in [1.807, 2.05) is 30.3 Å². The van der Waals surface area contributed by atoms with Crippen LogP contribution >= 0.6 is 23.4 Å². The van der Waals surface area contributed by atoms with Crippen molar-refractivity contribution in [3.8, 4) is 0 Å². The lowest BCUT2D eigenvalue weighted by molar-refractivity contribution is 0.409. The molecule has 1 atom stereocenters. The van der Waals surface area contributed by atoms with Gasteiger partial charge in [-0.1, -0.05) is 38.4 Å². The first kappa shape index (κ1) is 16.3. The third-order valence-corrected chi connectivity index (χ3v) is 5.17. The summed E-state index contributed by atoms with van der Waals surface area (Å²) in [6, 6.07) is 9.72. The Morgan fingerprint density at radius 1 is 1.17 bits per heavy atom. The van der Waals surface area contributed by atoms with Crippen LogP contribution in [0.15, 0.2) is 45.8 Å². The topological polar surface area (TPSA) is 38.9 Å². The van der Waals surface area contributed by atoms with Gasteiger partial charge in [0.15, 0.2) is 5.58 Å². The number of halogens is 1. The van der Waals surface area contributed by atoms with Gasteiger partial charge in [-0.2, -0.15) is 0 Å². The molecule has 0 aliphatic carbocycles. The van der Waals surface area contributed by atoms with Crippen molar-refractivity contribution in [2.24, 2.45) is 0 Å². The Hall–Kier alpha value is -1.52. The number of hydrogen-bond donors (Lipinski definition) is 0. The number of benzene rings is 1. The van der Waals surface area contributed by atoms with E-state index in [1.165, 1.54) is 0 Å². The Kier molecular flexibility index (Phi) is 4.39. The highest BCUT2D eigenvalue weighted by Gasteiger charge is 2.24. The van der Waals surface area contributed by atoms with Crippen molar-refractivity contribution < 1.29 is 4.42 Å². The first-order valence-electron chi connectivity index (χ1n) is 7.53. The Morgan fingerprint density at radius 3 is 2.61 bits per heavy atom. The SMILES string of the molecule is CC(Sc1c(Cl)ccc2nc(C(C)(C)C)oc12)c1ccccn1. The molecular weight excluding hydrogens is 328 g/mol. The molecule has 2 heterocycles. The molecule has 2 aromatic heterocycles. The molecule has 1 unspecified atom stereocenters. The summed E-state index contributed by atoms with van der Waals surface area (Å²) in [6.07, 6.45) is 1.81. The molecule has 0 spiro atoms. The van der Waals surface area contributed by atoms with Crippen LogP contribution in [0, 0.1) is 0 Å². The van der Waals surface area contributed by atoms with Gasteiger partial charge in [0.2, 0.25) is 5.89 Å². The van der Waals surface area contributed by atoms with Crippen LogP contribution in [-0.2, 0) is 5.41 Å². The van der Waals surface area contributed by atoms with Crippen LogP contribution in [-0.4, -0.2) is 9.97 Å². The van der Waals surface area contributed by atoms with Gasteiger partial charge in [-0.25, -0.2) is 4.98 Å². The van der Waals surface area contributed by atoms with E-state index in [4.69, 9.17) is 16.0 Å². The molecule has 3 nitrogen and oxygen atoms in total. The number of pyridine rings is 1. The average Bonchev–Trinajstić information content (AvgIpc) is 2.95. The number of aromatic nitrogens is 2. The quantitative estimate of drug-likeness (QED) is 0.543. The highest BCUT2D eigenvalue weighted by molar-refractivity contribution is 7.99.